The van der Waals surface area contributed by atoms with Gasteiger partial charge in [0, 0.05) is 35.5 Å². The summed E-state index contributed by atoms with van der Waals surface area (Å²) in [6.45, 7) is 7.48. The topological polar surface area (TPSA) is 107 Å². The van der Waals surface area contributed by atoms with E-state index in [4.69, 9.17) is 21.1 Å². The van der Waals surface area contributed by atoms with Crippen LogP contribution >= 0.6 is 11.6 Å². The largest absolute Gasteiger partial charge is 0.457 e. The molecule has 0 heterocycles. The number of carbonyl (C=O) groups excluding carboxylic acids is 4. The van der Waals surface area contributed by atoms with E-state index in [1.165, 1.54) is 19.1 Å². The van der Waals surface area contributed by atoms with Crippen molar-refractivity contribution >= 4 is 35.1 Å². The van der Waals surface area contributed by atoms with E-state index in [9.17, 15) is 24.3 Å². The highest BCUT2D eigenvalue weighted by molar-refractivity contribution is 6.22. The van der Waals surface area contributed by atoms with Gasteiger partial charge in [-0.05, 0) is 49.8 Å². The van der Waals surface area contributed by atoms with E-state index in [1.807, 2.05) is 0 Å². The van der Waals surface area contributed by atoms with Crippen molar-refractivity contribution in [3.8, 4) is 0 Å². The lowest BCUT2D eigenvalue weighted by molar-refractivity contribution is -0.231. The number of aliphatic hydroxyl groups excluding tert-OH is 1. The van der Waals surface area contributed by atoms with Gasteiger partial charge in [0.1, 0.15) is 6.17 Å². The van der Waals surface area contributed by atoms with Crippen LogP contribution < -0.4 is 0 Å². The molecule has 216 valence electrons. The van der Waals surface area contributed by atoms with Crippen LogP contribution in [0.1, 0.15) is 66.7 Å². The summed E-state index contributed by atoms with van der Waals surface area (Å²) in [5, 5.41) is 10.1. The first-order valence-corrected chi connectivity index (χ1v) is 14.1. The van der Waals surface area contributed by atoms with E-state index in [0.717, 1.165) is 6.08 Å². The number of carbonyl (C=O) groups is 4. The van der Waals surface area contributed by atoms with Gasteiger partial charge in [-0.25, -0.2) is 8.78 Å². The summed E-state index contributed by atoms with van der Waals surface area (Å²) in [5.41, 5.74) is -7.48. The smallest absolute Gasteiger partial charge is 0.306 e. The minimum atomic E-state index is -2.48. The highest BCUT2D eigenvalue weighted by Gasteiger charge is 2.79. The molecule has 3 fully saturated rings. The van der Waals surface area contributed by atoms with E-state index < -0.39 is 87.6 Å². The number of hydrogen-bond donors (Lipinski definition) is 1. The highest BCUT2D eigenvalue weighted by atomic mass is 35.5. The van der Waals surface area contributed by atoms with Crippen LogP contribution in [0.2, 0.25) is 0 Å². The van der Waals surface area contributed by atoms with Crippen LogP contribution in [0.15, 0.2) is 23.8 Å². The number of ether oxygens (including phenoxy) is 2. The Morgan fingerprint density at radius 2 is 1.87 bits per heavy atom. The van der Waals surface area contributed by atoms with Crippen molar-refractivity contribution in [2.45, 2.75) is 95.6 Å². The number of fused-ring (bicyclic) bond motifs is 5. The second kappa shape index (κ2) is 10.1. The molecule has 0 bridgehead atoms. The SMILES string of the molecule is CCCC(=O)OCC(=O)[C@@]1(OC(=O)CC)C(C)C[C@H]2[C@@H]3C(Cl)C(F)C4=CC(=O)C=C[C@]4(C)[C@@]3(F)C(O)C[C@@]21C. The van der Waals surface area contributed by atoms with Gasteiger partial charge in [0.15, 0.2) is 23.7 Å². The molecule has 4 aliphatic carbocycles. The molecule has 1 N–H and O–H groups in total. The Kier molecular flexibility index (Phi) is 7.69. The van der Waals surface area contributed by atoms with Gasteiger partial charge >= 0.3 is 11.9 Å². The summed E-state index contributed by atoms with van der Waals surface area (Å²) >= 11 is 6.68. The average Bonchev–Trinajstić information content (AvgIpc) is 3.09. The number of ketones is 2. The zero-order valence-corrected chi connectivity index (χ0v) is 23.7. The summed E-state index contributed by atoms with van der Waals surface area (Å²) in [6.07, 6.45) is 0.318. The van der Waals surface area contributed by atoms with E-state index in [2.05, 4.69) is 0 Å². The third kappa shape index (κ3) is 3.97. The van der Waals surface area contributed by atoms with Crippen molar-refractivity contribution in [1.29, 1.82) is 0 Å². The van der Waals surface area contributed by atoms with Gasteiger partial charge in [-0.2, -0.15) is 0 Å². The molecule has 0 aromatic rings. The van der Waals surface area contributed by atoms with Gasteiger partial charge in [0.2, 0.25) is 5.78 Å². The highest BCUT2D eigenvalue weighted by Crippen LogP contribution is 2.72. The molecule has 0 aromatic carbocycles. The van der Waals surface area contributed by atoms with Gasteiger partial charge in [-0.15, -0.1) is 11.6 Å². The fourth-order valence-corrected chi connectivity index (χ4v) is 8.61. The quantitative estimate of drug-likeness (QED) is 0.358. The Balaban J connectivity index is 1.84. The molecule has 0 amide bonds. The number of aliphatic hydroxyl groups is 1. The maximum atomic E-state index is 17.6. The lowest BCUT2D eigenvalue weighted by Gasteiger charge is -2.64. The molecule has 0 radical (unpaired) electrons. The van der Waals surface area contributed by atoms with Crippen molar-refractivity contribution in [1.82, 2.24) is 0 Å². The van der Waals surface area contributed by atoms with Gasteiger partial charge in [-0.1, -0.05) is 33.8 Å². The minimum Gasteiger partial charge on any atom is -0.457 e. The zero-order chi connectivity index (χ0) is 29.1. The predicted molar refractivity (Wildman–Crippen MR) is 138 cm³/mol. The number of Topliss-reactive ketones (excluding diaryl/α,β-unsaturated/α-hetero) is 1. The van der Waals surface area contributed by atoms with Gasteiger partial charge in [0.25, 0.3) is 0 Å². The lowest BCUT2D eigenvalue weighted by atomic mass is 9.44. The van der Waals surface area contributed by atoms with Crippen LogP contribution in [0.25, 0.3) is 0 Å². The Hall–Kier alpha value is -2.13. The summed E-state index contributed by atoms with van der Waals surface area (Å²) in [4.78, 5) is 50.8. The monoisotopic (exact) mass is 570 g/mol. The van der Waals surface area contributed by atoms with Crippen molar-refractivity contribution in [2.24, 2.45) is 28.6 Å². The molecule has 3 saturated carbocycles. The van der Waals surface area contributed by atoms with Crippen molar-refractivity contribution in [2.75, 3.05) is 6.61 Å². The first-order valence-electron chi connectivity index (χ1n) is 13.7. The van der Waals surface area contributed by atoms with Crippen LogP contribution in [0, 0.1) is 28.6 Å². The summed E-state index contributed by atoms with van der Waals surface area (Å²) in [7, 11) is 0. The van der Waals surface area contributed by atoms with Crippen LogP contribution in [-0.2, 0) is 28.7 Å². The second-order valence-electron chi connectivity index (χ2n) is 12.0. The Bertz CT molecular complexity index is 1140. The Morgan fingerprint density at radius 3 is 2.49 bits per heavy atom. The molecule has 0 aromatic heterocycles. The molecule has 10 heteroatoms. The number of alkyl halides is 3. The fraction of sp³-hybridized carbons (Fsp3) is 0.724. The normalized spacial score (nSPS) is 44.5. The summed E-state index contributed by atoms with van der Waals surface area (Å²) < 4.78 is 44.6. The van der Waals surface area contributed by atoms with Gasteiger partial charge in [0.05, 0.1) is 11.5 Å². The predicted octanol–water partition coefficient (Wildman–Crippen LogP) is 4.37. The molecule has 39 heavy (non-hydrogen) atoms. The zero-order valence-electron chi connectivity index (χ0n) is 23.0. The first kappa shape index (κ1) is 29.8. The standard InChI is InChI=1S/C29H37ClF2O7/c1-6-8-22(37)38-14-20(35)29(39-21(36)7-2)15(3)11-17-23-24(30)25(31)18-12-16(33)9-10-26(18,4)28(23,32)19(34)13-27(17,29)5/h9-10,12,15,17,19,23-25,34H,6-8,11,13-14H2,1-5H3/t15?,17-,19?,23+,24?,25?,26-,27-,28+,29-/m0/s1. The van der Waals surface area contributed by atoms with Crippen molar-refractivity contribution in [3.05, 3.63) is 23.8 Å². The van der Waals surface area contributed by atoms with Crippen LogP contribution in [0.3, 0.4) is 0 Å². The molecular formula is C29H37ClF2O7. The summed E-state index contributed by atoms with van der Waals surface area (Å²) in [5.74, 6) is -5.17. The number of allylic oxidation sites excluding steroid dienone is 4. The van der Waals surface area contributed by atoms with E-state index in [0.29, 0.717) is 6.42 Å². The molecule has 10 atom stereocenters. The first-order chi connectivity index (χ1) is 18.1. The van der Waals surface area contributed by atoms with Gasteiger partial charge < -0.3 is 14.6 Å². The minimum absolute atomic E-state index is 0.0487. The number of halogens is 3. The van der Waals surface area contributed by atoms with Crippen LogP contribution in [0.5, 0.6) is 0 Å². The maximum absolute atomic E-state index is 17.6. The lowest BCUT2D eigenvalue weighted by Crippen LogP contribution is -2.73. The van der Waals surface area contributed by atoms with Crippen molar-refractivity contribution < 1.29 is 42.5 Å². The molecular weight excluding hydrogens is 534 g/mol. The Morgan fingerprint density at radius 1 is 1.21 bits per heavy atom. The molecule has 4 aliphatic rings. The Labute approximate surface area is 232 Å². The van der Waals surface area contributed by atoms with Crippen molar-refractivity contribution in [3.63, 3.8) is 0 Å². The maximum Gasteiger partial charge on any atom is 0.306 e. The molecule has 0 spiro atoms. The fourth-order valence-electron chi connectivity index (χ4n) is 8.12. The van der Waals surface area contributed by atoms with Crippen LogP contribution in [-0.4, -0.2) is 64.1 Å². The molecule has 4 rings (SSSR count). The second-order valence-corrected chi connectivity index (χ2v) is 12.5. The number of hydrogen-bond acceptors (Lipinski definition) is 7. The number of rotatable bonds is 7. The van der Waals surface area contributed by atoms with E-state index >= 15 is 8.78 Å². The van der Waals surface area contributed by atoms with E-state index in [1.54, 1.807) is 27.7 Å². The third-order valence-corrected chi connectivity index (χ3v) is 10.5. The molecule has 4 unspecified atom stereocenters. The van der Waals surface area contributed by atoms with E-state index in [-0.39, 0.29) is 31.3 Å². The van der Waals surface area contributed by atoms with Gasteiger partial charge in [-0.3, -0.25) is 19.2 Å². The summed E-state index contributed by atoms with van der Waals surface area (Å²) in [6, 6.07) is 0. The average molecular weight is 571 g/mol. The van der Waals surface area contributed by atoms with Crippen LogP contribution in [0.4, 0.5) is 8.78 Å². The molecule has 0 aliphatic heterocycles. The number of esters is 2. The molecule has 7 nitrogen and oxygen atoms in total. The molecule has 0 saturated heterocycles. The third-order valence-electron chi connectivity index (χ3n) is 9.98.